The zero-order chi connectivity index (χ0) is 15.8. The van der Waals surface area contributed by atoms with E-state index in [1.165, 1.54) is 6.92 Å². The Morgan fingerprint density at radius 3 is 2.52 bits per heavy atom. The van der Waals surface area contributed by atoms with Gasteiger partial charge in [0, 0.05) is 31.8 Å². The van der Waals surface area contributed by atoms with E-state index in [0.29, 0.717) is 13.1 Å². The van der Waals surface area contributed by atoms with Gasteiger partial charge in [-0.05, 0) is 5.57 Å². The third kappa shape index (κ3) is 1.87. The maximum atomic E-state index is 11.6. The fraction of sp³-hybridized carbons (Fsp3) is 0.467. The second kappa shape index (κ2) is 4.96. The normalized spacial score (nSPS) is 26.8. The molecule has 1 heterocycles. The monoisotopic (exact) mass is 281 g/mol. The van der Waals surface area contributed by atoms with E-state index >= 15 is 0 Å². The largest absolute Gasteiger partial charge is 0.399 e. The maximum Gasteiger partial charge on any atom is 0.219 e. The number of nitrogens with zero attached hydrogens (tertiary/aromatic N) is 4. The van der Waals surface area contributed by atoms with Crippen LogP contribution in [-0.4, -0.2) is 23.9 Å². The first-order chi connectivity index (χ1) is 9.92. The molecule has 2 rings (SSSR count). The number of carbonyl (C=O) groups is 1. The van der Waals surface area contributed by atoms with E-state index in [1.807, 2.05) is 18.2 Å². The number of hydrogen-bond acceptors (Lipinski definition) is 5. The second-order valence-corrected chi connectivity index (χ2v) is 5.41. The minimum absolute atomic E-state index is 0.0290. The van der Waals surface area contributed by atoms with Gasteiger partial charge in [0.25, 0.3) is 0 Å². The number of fused-ring (bicyclic) bond motifs is 1. The van der Waals surface area contributed by atoms with Crippen molar-refractivity contribution in [3.05, 3.63) is 22.9 Å². The van der Waals surface area contributed by atoms with Gasteiger partial charge in [0.2, 0.25) is 5.91 Å². The Bertz CT molecular complexity index is 668. The fourth-order valence-electron chi connectivity index (χ4n) is 3.12. The van der Waals surface area contributed by atoms with Crippen molar-refractivity contribution in [1.82, 2.24) is 4.90 Å². The molecule has 0 aromatic heterocycles. The first-order valence-corrected chi connectivity index (χ1v) is 6.61. The van der Waals surface area contributed by atoms with Crippen LogP contribution in [0.1, 0.15) is 13.8 Å². The van der Waals surface area contributed by atoms with Gasteiger partial charge < -0.3 is 10.6 Å². The molecule has 2 atom stereocenters. The molecule has 0 unspecified atom stereocenters. The summed E-state index contributed by atoms with van der Waals surface area (Å²) in [5.41, 5.74) is 5.44. The molecular weight excluding hydrogens is 266 g/mol. The predicted molar refractivity (Wildman–Crippen MR) is 73.5 cm³/mol. The lowest BCUT2D eigenvalue weighted by Gasteiger charge is -2.43. The molecule has 0 aromatic carbocycles. The van der Waals surface area contributed by atoms with Crippen LogP contribution < -0.4 is 5.73 Å². The Hall–Kier alpha value is -2.78. The van der Waals surface area contributed by atoms with Crippen LogP contribution in [0.15, 0.2) is 22.9 Å². The van der Waals surface area contributed by atoms with Crippen molar-refractivity contribution < 1.29 is 4.79 Å². The Balaban J connectivity index is 2.65. The summed E-state index contributed by atoms with van der Waals surface area (Å²) in [6.07, 6.45) is 1.80. The van der Waals surface area contributed by atoms with Crippen molar-refractivity contribution in [2.24, 2.45) is 23.0 Å². The molecule has 6 heteroatoms. The van der Waals surface area contributed by atoms with E-state index in [4.69, 9.17) is 5.73 Å². The molecule has 1 aliphatic carbocycles. The van der Waals surface area contributed by atoms with Crippen LogP contribution in [0.5, 0.6) is 0 Å². The summed E-state index contributed by atoms with van der Waals surface area (Å²) in [6, 6.07) is 5.99. The molecule has 1 aliphatic heterocycles. The molecule has 0 aromatic rings. The zero-order valence-electron chi connectivity index (χ0n) is 11.9. The topological polar surface area (TPSA) is 118 Å². The van der Waals surface area contributed by atoms with E-state index in [0.717, 1.165) is 5.57 Å². The minimum atomic E-state index is -1.52. The molecule has 0 saturated heterocycles. The predicted octanol–water partition coefficient (Wildman–Crippen LogP) is 0.811. The van der Waals surface area contributed by atoms with Gasteiger partial charge in [-0.2, -0.15) is 15.8 Å². The molecule has 0 spiro atoms. The molecule has 21 heavy (non-hydrogen) atoms. The standard InChI is InChI=1S/C15H15N5O/c1-9-13-6-20(10(2)21)4-3-11(13)12(5-16)14(19)15(9,7-17)8-18/h3,9,13H,4,6,19H2,1-2H3/t9-,13-/m1/s1. The SMILES string of the molecule is CC(=O)N1CC=C2C(C#N)=C(N)C(C#N)(C#N)[C@H](C)[C@H]2C1. The number of hydrogen-bond donors (Lipinski definition) is 1. The molecular formula is C15H15N5O. The molecule has 2 N–H and O–H groups in total. The Morgan fingerprint density at radius 2 is 2.05 bits per heavy atom. The quantitative estimate of drug-likeness (QED) is 0.705. The van der Waals surface area contributed by atoms with Gasteiger partial charge in [-0.3, -0.25) is 4.79 Å². The number of nitrogens with two attached hydrogens (primary N) is 1. The van der Waals surface area contributed by atoms with Gasteiger partial charge in [-0.15, -0.1) is 0 Å². The van der Waals surface area contributed by atoms with E-state index in [1.54, 1.807) is 17.9 Å². The zero-order valence-corrected chi connectivity index (χ0v) is 11.9. The van der Waals surface area contributed by atoms with Gasteiger partial charge >= 0.3 is 0 Å². The highest BCUT2D eigenvalue weighted by molar-refractivity contribution is 5.74. The average Bonchev–Trinajstić information content (AvgIpc) is 2.49. The lowest BCUT2D eigenvalue weighted by Crippen LogP contribution is -2.49. The van der Waals surface area contributed by atoms with E-state index in [2.05, 4.69) is 0 Å². The van der Waals surface area contributed by atoms with Crippen molar-refractivity contribution in [3.8, 4) is 18.2 Å². The van der Waals surface area contributed by atoms with Gasteiger partial charge in [-0.25, -0.2) is 0 Å². The van der Waals surface area contributed by atoms with Crippen molar-refractivity contribution >= 4 is 5.91 Å². The van der Waals surface area contributed by atoms with Crippen molar-refractivity contribution in [2.45, 2.75) is 13.8 Å². The van der Waals surface area contributed by atoms with Crippen LogP contribution in [0.3, 0.4) is 0 Å². The van der Waals surface area contributed by atoms with Crippen LogP contribution in [-0.2, 0) is 4.79 Å². The summed E-state index contributed by atoms with van der Waals surface area (Å²) in [5, 5.41) is 28.3. The minimum Gasteiger partial charge on any atom is -0.399 e. The average molecular weight is 281 g/mol. The van der Waals surface area contributed by atoms with E-state index in [-0.39, 0.29) is 23.1 Å². The molecule has 0 saturated carbocycles. The van der Waals surface area contributed by atoms with E-state index < -0.39 is 11.3 Å². The highest BCUT2D eigenvalue weighted by Crippen LogP contribution is 2.48. The number of amides is 1. The number of carbonyl (C=O) groups excluding carboxylic acids is 1. The molecule has 6 nitrogen and oxygen atoms in total. The van der Waals surface area contributed by atoms with Gasteiger partial charge in [0.15, 0.2) is 5.41 Å². The van der Waals surface area contributed by atoms with Crippen LogP contribution in [0.2, 0.25) is 0 Å². The molecule has 0 fully saturated rings. The molecule has 1 amide bonds. The number of allylic oxidation sites excluding steroid dienone is 2. The summed E-state index contributed by atoms with van der Waals surface area (Å²) in [4.78, 5) is 13.2. The lowest BCUT2D eigenvalue weighted by molar-refractivity contribution is -0.129. The molecule has 106 valence electrons. The van der Waals surface area contributed by atoms with Crippen LogP contribution in [0, 0.1) is 51.2 Å². The van der Waals surface area contributed by atoms with Gasteiger partial charge in [0.1, 0.15) is 6.07 Å². The lowest BCUT2D eigenvalue weighted by atomic mass is 9.61. The van der Waals surface area contributed by atoms with Crippen LogP contribution >= 0.6 is 0 Å². The maximum absolute atomic E-state index is 11.6. The van der Waals surface area contributed by atoms with Crippen molar-refractivity contribution in [3.63, 3.8) is 0 Å². The van der Waals surface area contributed by atoms with Crippen molar-refractivity contribution in [2.75, 3.05) is 13.1 Å². The Labute approximate surface area is 123 Å². The Morgan fingerprint density at radius 1 is 1.43 bits per heavy atom. The summed E-state index contributed by atoms with van der Waals surface area (Å²) in [5.74, 6) is -0.694. The van der Waals surface area contributed by atoms with Gasteiger partial charge in [-0.1, -0.05) is 13.0 Å². The highest BCUT2D eigenvalue weighted by Gasteiger charge is 2.51. The van der Waals surface area contributed by atoms with Gasteiger partial charge in [0.05, 0.1) is 23.4 Å². The first-order valence-electron chi connectivity index (χ1n) is 6.61. The summed E-state index contributed by atoms with van der Waals surface area (Å²) < 4.78 is 0. The third-order valence-electron chi connectivity index (χ3n) is 4.53. The first kappa shape index (κ1) is 14.6. The Kier molecular flexibility index (Phi) is 3.45. The smallest absolute Gasteiger partial charge is 0.219 e. The summed E-state index contributed by atoms with van der Waals surface area (Å²) >= 11 is 0. The van der Waals surface area contributed by atoms with E-state index in [9.17, 15) is 20.6 Å². The molecule has 0 bridgehead atoms. The third-order valence-corrected chi connectivity index (χ3v) is 4.53. The second-order valence-electron chi connectivity index (χ2n) is 5.41. The highest BCUT2D eigenvalue weighted by atomic mass is 16.2. The van der Waals surface area contributed by atoms with Crippen LogP contribution in [0.25, 0.3) is 0 Å². The summed E-state index contributed by atoms with van der Waals surface area (Å²) in [6.45, 7) is 4.06. The number of rotatable bonds is 0. The van der Waals surface area contributed by atoms with Crippen LogP contribution in [0.4, 0.5) is 0 Å². The number of nitriles is 3. The fourth-order valence-corrected chi connectivity index (χ4v) is 3.12. The molecule has 2 aliphatic rings. The summed E-state index contributed by atoms with van der Waals surface area (Å²) in [7, 11) is 0. The molecule has 0 radical (unpaired) electrons. The van der Waals surface area contributed by atoms with Crippen molar-refractivity contribution in [1.29, 1.82) is 15.8 Å².